The molecule has 14 aromatic rings. The minimum atomic E-state index is 0.262. The van der Waals surface area contributed by atoms with Crippen molar-refractivity contribution in [2.45, 2.75) is 118 Å². The van der Waals surface area contributed by atoms with Crippen LogP contribution in [0.25, 0.3) is 87.3 Å². The van der Waals surface area contributed by atoms with Gasteiger partial charge in [-0.05, 0) is 227 Å². The van der Waals surface area contributed by atoms with Gasteiger partial charge in [0.1, 0.15) is 0 Å². The molecular weight excluding hydrogens is 1040 g/mol. The van der Waals surface area contributed by atoms with Gasteiger partial charge in [-0.1, -0.05) is 163 Å². The largest absolute Gasteiger partial charge is 0.310 e. The van der Waals surface area contributed by atoms with E-state index in [1.54, 1.807) is 0 Å². The minimum Gasteiger partial charge on any atom is -0.310 e. The Morgan fingerprint density at radius 1 is 0.337 bits per heavy atom. The summed E-state index contributed by atoms with van der Waals surface area (Å²) < 4.78 is 5.02. The molecule has 0 radical (unpaired) electrons. The number of benzene rings is 12. The number of aromatic nitrogens is 2. The Hall–Kier alpha value is -9.12. The summed E-state index contributed by atoms with van der Waals surface area (Å²) in [6, 6.07) is 80.1. The number of fused-ring (bicyclic) bond motifs is 8. The molecule has 12 aromatic carbocycles. The Morgan fingerprint density at radius 2 is 0.733 bits per heavy atom. The normalized spacial score (nSPS) is 13.6. The van der Waals surface area contributed by atoms with Crippen molar-refractivity contribution < 1.29 is 0 Å². The van der Waals surface area contributed by atoms with Gasteiger partial charge in [0.05, 0.1) is 33.4 Å². The predicted molar refractivity (Wildman–Crippen MR) is 368 cm³/mol. The molecule has 4 heteroatoms. The van der Waals surface area contributed by atoms with Crippen molar-refractivity contribution in [3.63, 3.8) is 0 Å². The van der Waals surface area contributed by atoms with Crippen molar-refractivity contribution in [3.8, 4) is 11.4 Å². The van der Waals surface area contributed by atoms with Crippen LogP contribution in [0.1, 0.15) is 124 Å². The number of nitrogens with zero attached hydrogens (tertiary/aromatic N) is 4. The van der Waals surface area contributed by atoms with Crippen LogP contribution in [-0.4, -0.2) is 9.13 Å². The molecule has 2 aliphatic carbocycles. The topological polar surface area (TPSA) is 16.3 Å². The van der Waals surface area contributed by atoms with E-state index in [1.165, 1.54) is 192 Å². The fourth-order valence-electron chi connectivity index (χ4n) is 15.9. The molecule has 2 aliphatic rings. The van der Waals surface area contributed by atoms with E-state index in [0.717, 1.165) is 38.5 Å². The predicted octanol–water partition coefficient (Wildman–Crippen LogP) is 22.8. The molecule has 16 rings (SSSR count). The number of para-hydroxylation sites is 4. The molecule has 2 aromatic heterocycles. The zero-order chi connectivity index (χ0) is 57.9. The molecule has 0 saturated heterocycles. The summed E-state index contributed by atoms with van der Waals surface area (Å²) >= 11 is 0. The second kappa shape index (κ2) is 20.8. The summed E-state index contributed by atoms with van der Waals surface area (Å²) in [5.74, 6) is 0.525. The molecule has 0 aliphatic heterocycles. The van der Waals surface area contributed by atoms with Gasteiger partial charge in [-0.25, -0.2) is 0 Å². The van der Waals surface area contributed by atoms with Gasteiger partial charge in [-0.2, -0.15) is 0 Å². The van der Waals surface area contributed by atoms with Crippen molar-refractivity contribution in [1.82, 2.24) is 9.13 Å². The Labute approximate surface area is 505 Å². The van der Waals surface area contributed by atoms with Crippen LogP contribution in [0, 0.1) is 0 Å². The lowest BCUT2D eigenvalue weighted by Crippen LogP contribution is -2.17. The summed E-state index contributed by atoms with van der Waals surface area (Å²) in [5.41, 5.74) is 26.3. The van der Waals surface area contributed by atoms with Gasteiger partial charge in [0.25, 0.3) is 0 Å². The summed E-state index contributed by atoms with van der Waals surface area (Å²) in [5, 5.41) is 13.1. The van der Waals surface area contributed by atoms with Gasteiger partial charge in [-0.3, -0.25) is 0 Å². The highest BCUT2D eigenvalue weighted by Gasteiger charge is 2.30. The van der Waals surface area contributed by atoms with E-state index < -0.39 is 0 Å². The first-order valence-corrected chi connectivity index (χ1v) is 32.1. The Kier molecular flexibility index (Phi) is 12.7. The highest BCUT2D eigenvalue weighted by atomic mass is 15.2. The number of rotatable bonds is 12. The molecular formula is C82H74N4. The summed E-state index contributed by atoms with van der Waals surface area (Å²) in [7, 11) is 0. The molecule has 0 N–H and O–H groups in total. The van der Waals surface area contributed by atoms with Crippen LogP contribution in [0.3, 0.4) is 0 Å². The summed E-state index contributed by atoms with van der Waals surface area (Å²) in [6.45, 7) is 14.2. The van der Waals surface area contributed by atoms with E-state index in [2.05, 4.69) is 267 Å². The van der Waals surface area contributed by atoms with Gasteiger partial charge in [0, 0.05) is 66.4 Å². The molecule has 86 heavy (non-hydrogen) atoms. The van der Waals surface area contributed by atoms with Crippen LogP contribution in [0.5, 0.6) is 0 Å². The molecule has 0 saturated carbocycles. The van der Waals surface area contributed by atoms with Crippen molar-refractivity contribution in [2.75, 3.05) is 9.80 Å². The smallest absolute Gasteiger partial charge is 0.0543 e. The second-order valence-electron chi connectivity index (χ2n) is 25.3. The first-order valence-electron chi connectivity index (χ1n) is 32.1. The maximum Gasteiger partial charge on any atom is 0.0543 e. The van der Waals surface area contributed by atoms with Gasteiger partial charge >= 0.3 is 0 Å². The third-order valence-electron chi connectivity index (χ3n) is 19.9. The van der Waals surface area contributed by atoms with Gasteiger partial charge < -0.3 is 18.9 Å². The first-order chi connectivity index (χ1) is 42.3. The molecule has 0 atom stereocenters. The zero-order valence-electron chi connectivity index (χ0n) is 50.6. The van der Waals surface area contributed by atoms with E-state index >= 15 is 0 Å². The average molecular weight is 1120 g/mol. The summed E-state index contributed by atoms with van der Waals surface area (Å²) in [6.07, 6.45) is 11.1. The molecule has 4 nitrogen and oxygen atoms in total. The Morgan fingerprint density at radius 3 is 1.17 bits per heavy atom. The maximum atomic E-state index is 2.69. The highest BCUT2D eigenvalue weighted by molar-refractivity contribution is 6.30. The van der Waals surface area contributed by atoms with E-state index in [4.69, 9.17) is 0 Å². The monoisotopic (exact) mass is 1110 g/mol. The lowest BCUT2D eigenvalue weighted by atomic mass is 9.83. The third-order valence-corrected chi connectivity index (χ3v) is 19.9. The van der Waals surface area contributed by atoms with Gasteiger partial charge in [-0.15, -0.1) is 0 Å². The standard InChI is InChI=1S/C82H74N4/c1-7-53-23-11-17-33-71(53)85-75-35-19-15-31-61(75)69-47-57(39-45-77(69)85)83(73-37-21-27-55-25-9-13-29-59(55)73)79-49-67(51(3)4)63-42-44-66-80(50-68(52(5)6)64-41-43-65(79)81(63)82(64)66)84(74-38-22-28-56-26-10-14-30-60(56)74)58-40-46-78-70(48-58)62-32-16-20-36-76(62)86(78)72-34-18-12-24-54(72)8-2/h11-12,15-24,27-28,31-52H,7-10,13-14,25-26,29-30H2,1-6H3. The van der Waals surface area contributed by atoms with Crippen LogP contribution < -0.4 is 9.80 Å². The molecule has 0 spiro atoms. The van der Waals surface area contributed by atoms with Crippen LogP contribution in [0.15, 0.2) is 206 Å². The molecule has 2 heterocycles. The number of anilines is 6. The first kappa shape index (κ1) is 52.4. The van der Waals surface area contributed by atoms with Crippen LogP contribution in [0.2, 0.25) is 0 Å². The van der Waals surface area contributed by atoms with Crippen LogP contribution in [0.4, 0.5) is 34.1 Å². The quantitative estimate of drug-likeness (QED) is 0.113. The fraction of sp³-hybridized carbons (Fsp3) is 0.220. The fourth-order valence-corrected chi connectivity index (χ4v) is 15.9. The highest BCUT2D eigenvalue weighted by Crippen LogP contribution is 2.54. The van der Waals surface area contributed by atoms with Crippen molar-refractivity contribution in [2.24, 2.45) is 0 Å². The lowest BCUT2D eigenvalue weighted by Gasteiger charge is -2.34. The van der Waals surface area contributed by atoms with E-state index in [1.807, 2.05) is 0 Å². The summed E-state index contributed by atoms with van der Waals surface area (Å²) in [4.78, 5) is 5.37. The average Bonchev–Trinajstić information content (AvgIpc) is 1.78. The van der Waals surface area contributed by atoms with E-state index in [0.29, 0.717) is 0 Å². The number of hydrogen-bond acceptors (Lipinski definition) is 2. The van der Waals surface area contributed by atoms with Gasteiger partial charge in [0.2, 0.25) is 0 Å². The lowest BCUT2D eigenvalue weighted by molar-refractivity contribution is 0.686. The van der Waals surface area contributed by atoms with Crippen molar-refractivity contribution in [3.05, 3.63) is 251 Å². The van der Waals surface area contributed by atoms with Crippen LogP contribution >= 0.6 is 0 Å². The number of aryl methyl sites for hydroxylation is 4. The second-order valence-corrected chi connectivity index (χ2v) is 25.3. The molecule has 0 bridgehead atoms. The molecule has 0 amide bonds. The van der Waals surface area contributed by atoms with E-state index in [-0.39, 0.29) is 11.8 Å². The van der Waals surface area contributed by atoms with E-state index in [9.17, 15) is 0 Å². The van der Waals surface area contributed by atoms with Crippen molar-refractivity contribution in [1.29, 1.82) is 0 Å². The number of hydrogen-bond donors (Lipinski definition) is 0. The molecule has 422 valence electrons. The minimum absolute atomic E-state index is 0.262. The zero-order valence-corrected chi connectivity index (χ0v) is 50.6. The van der Waals surface area contributed by atoms with Crippen LogP contribution in [-0.2, 0) is 38.5 Å². The molecule has 0 unspecified atom stereocenters. The van der Waals surface area contributed by atoms with Crippen molar-refractivity contribution >= 4 is 110 Å². The molecule has 0 fully saturated rings. The maximum absolute atomic E-state index is 2.69. The van der Waals surface area contributed by atoms with Gasteiger partial charge in [0.15, 0.2) is 0 Å². The Balaban J connectivity index is 0.987. The Bertz CT molecular complexity index is 4690. The third kappa shape index (κ3) is 8.08. The SMILES string of the molecule is CCc1ccccc1-n1c2ccccc2c2cc(N(c3cccc4c3CCCC4)c3cc(C(C)C)c4ccc5c(N(c6ccc7c(c6)c6ccccc6n7-c6ccccc6CC)c6cccc7c6CCCC7)cc(C(C)C)c6ccc3c4c65)ccc21.